The van der Waals surface area contributed by atoms with Gasteiger partial charge in [0.25, 0.3) is 0 Å². The maximum atomic E-state index is 13.6. The average Bonchev–Trinajstić information content (AvgIpc) is 3.16. The maximum Gasteiger partial charge on any atom is 0.163 e. The third-order valence-electron chi connectivity index (χ3n) is 6.23. The average molecular weight is 447 g/mol. The summed E-state index contributed by atoms with van der Waals surface area (Å²) < 4.78 is 10.9. The highest BCUT2D eigenvalue weighted by Crippen LogP contribution is 2.46. The van der Waals surface area contributed by atoms with Crippen LogP contribution in [0.5, 0.6) is 11.5 Å². The Morgan fingerprint density at radius 2 is 1.72 bits per heavy atom. The van der Waals surface area contributed by atoms with Crippen LogP contribution >= 0.6 is 11.3 Å². The molecule has 2 heterocycles. The fourth-order valence-corrected chi connectivity index (χ4v) is 5.60. The van der Waals surface area contributed by atoms with E-state index in [-0.39, 0.29) is 17.7 Å². The van der Waals surface area contributed by atoms with E-state index in [2.05, 4.69) is 41.8 Å². The topological polar surface area (TPSA) is 59.6 Å². The molecule has 6 heteroatoms. The lowest BCUT2D eigenvalue weighted by Crippen LogP contribution is -2.26. The molecule has 2 atom stereocenters. The molecule has 0 spiro atoms. The van der Waals surface area contributed by atoms with E-state index in [1.165, 1.54) is 4.88 Å². The number of benzene rings is 2. The maximum absolute atomic E-state index is 13.6. The predicted molar refractivity (Wildman–Crippen MR) is 129 cm³/mol. The van der Waals surface area contributed by atoms with E-state index in [1.54, 1.807) is 25.6 Å². The largest absolute Gasteiger partial charge is 0.493 e. The van der Waals surface area contributed by atoms with Crippen molar-refractivity contribution in [2.24, 2.45) is 0 Å². The number of nitrogens with one attached hydrogen (secondary N) is 2. The Morgan fingerprint density at radius 1 is 0.938 bits per heavy atom. The van der Waals surface area contributed by atoms with Gasteiger partial charge in [-0.1, -0.05) is 18.2 Å². The van der Waals surface area contributed by atoms with Crippen molar-refractivity contribution in [2.45, 2.75) is 31.7 Å². The third-order valence-corrected chi connectivity index (χ3v) is 7.30. The van der Waals surface area contributed by atoms with Gasteiger partial charge in [-0.15, -0.1) is 11.3 Å². The standard InChI is InChI=1S/C26H26N2O3S/c1-15-8-11-24(32-15)26-25-20(27-18-6-4-5-7-19(18)28-26)12-17(13-21(25)29)16-9-10-22(30-2)23(14-16)31-3/h4-11,14,17,26-28H,12-13H2,1-3H3. The zero-order valence-electron chi connectivity index (χ0n) is 18.4. The molecule has 1 aliphatic carbocycles. The second-order valence-electron chi connectivity index (χ2n) is 8.23. The van der Waals surface area contributed by atoms with Crippen LogP contribution < -0.4 is 20.1 Å². The zero-order chi connectivity index (χ0) is 22.2. The number of carbonyl (C=O) groups is 1. The molecule has 0 amide bonds. The molecule has 2 N–H and O–H groups in total. The van der Waals surface area contributed by atoms with Crippen molar-refractivity contribution in [3.8, 4) is 11.5 Å². The van der Waals surface area contributed by atoms with Gasteiger partial charge in [-0.2, -0.15) is 0 Å². The van der Waals surface area contributed by atoms with Gasteiger partial charge in [0.1, 0.15) is 0 Å². The summed E-state index contributed by atoms with van der Waals surface area (Å²) in [5.41, 5.74) is 4.93. The lowest BCUT2D eigenvalue weighted by atomic mass is 9.79. The SMILES string of the molecule is COc1ccc(C2CC(=O)C3=C(C2)Nc2ccccc2NC3c2ccc(C)s2)cc1OC. The van der Waals surface area contributed by atoms with Gasteiger partial charge in [0.05, 0.1) is 31.6 Å². The summed E-state index contributed by atoms with van der Waals surface area (Å²) in [6.07, 6.45) is 1.22. The summed E-state index contributed by atoms with van der Waals surface area (Å²) in [6.45, 7) is 2.10. The number of rotatable bonds is 4. The molecule has 0 bridgehead atoms. The van der Waals surface area contributed by atoms with Crippen LogP contribution in [0.2, 0.25) is 0 Å². The van der Waals surface area contributed by atoms with Crippen molar-refractivity contribution in [1.82, 2.24) is 0 Å². The van der Waals surface area contributed by atoms with Crippen LogP contribution in [0.4, 0.5) is 11.4 Å². The second kappa shape index (κ2) is 8.36. The van der Waals surface area contributed by atoms with Crippen molar-refractivity contribution in [3.05, 3.63) is 81.2 Å². The molecule has 0 radical (unpaired) electrons. The first-order valence-corrected chi connectivity index (χ1v) is 11.6. The van der Waals surface area contributed by atoms with Gasteiger partial charge in [-0.05, 0) is 61.2 Å². The molecular weight excluding hydrogens is 420 g/mol. The number of hydrogen-bond donors (Lipinski definition) is 2. The Morgan fingerprint density at radius 3 is 2.44 bits per heavy atom. The number of aryl methyl sites for hydroxylation is 1. The molecule has 1 aromatic heterocycles. The van der Waals surface area contributed by atoms with Crippen LogP contribution in [-0.2, 0) is 4.79 Å². The number of carbonyl (C=O) groups excluding carboxylic acids is 1. The molecule has 2 aliphatic rings. The van der Waals surface area contributed by atoms with Gasteiger partial charge < -0.3 is 20.1 Å². The first-order chi connectivity index (χ1) is 15.6. The van der Waals surface area contributed by atoms with Gasteiger partial charge in [-0.25, -0.2) is 0 Å². The third kappa shape index (κ3) is 3.65. The highest BCUT2D eigenvalue weighted by molar-refractivity contribution is 7.12. The Balaban J connectivity index is 1.57. The van der Waals surface area contributed by atoms with E-state index in [9.17, 15) is 4.79 Å². The number of anilines is 2. The fourth-order valence-electron chi connectivity index (χ4n) is 4.66. The van der Waals surface area contributed by atoms with Crippen LogP contribution in [0, 0.1) is 6.92 Å². The quantitative estimate of drug-likeness (QED) is 0.511. The summed E-state index contributed by atoms with van der Waals surface area (Å²) in [6, 6.07) is 18.2. The molecule has 0 saturated carbocycles. The van der Waals surface area contributed by atoms with Crippen LogP contribution in [0.1, 0.15) is 40.1 Å². The molecule has 3 aromatic rings. The number of allylic oxidation sites excluding steroid dienone is 1. The van der Waals surface area contributed by atoms with E-state index in [4.69, 9.17) is 9.47 Å². The summed E-state index contributed by atoms with van der Waals surface area (Å²) in [5, 5.41) is 7.23. The molecule has 5 rings (SSSR count). The Hall–Kier alpha value is -3.25. The van der Waals surface area contributed by atoms with E-state index in [0.717, 1.165) is 39.5 Å². The molecule has 2 unspecified atom stereocenters. The molecule has 2 aromatic carbocycles. The number of para-hydroxylation sites is 2. The molecule has 0 fully saturated rings. The van der Waals surface area contributed by atoms with Gasteiger partial charge >= 0.3 is 0 Å². The van der Waals surface area contributed by atoms with Crippen LogP contribution in [0.25, 0.3) is 0 Å². The molecule has 32 heavy (non-hydrogen) atoms. The van der Waals surface area contributed by atoms with E-state index >= 15 is 0 Å². The minimum Gasteiger partial charge on any atom is -0.493 e. The highest BCUT2D eigenvalue weighted by atomic mass is 32.1. The van der Waals surface area contributed by atoms with Crippen molar-refractivity contribution in [3.63, 3.8) is 0 Å². The predicted octanol–water partition coefficient (Wildman–Crippen LogP) is 6.05. The minimum atomic E-state index is -0.154. The zero-order valence-corrected chi connectivity index (χ0v) is 19.2. The summed E-state index contributed by atoms with van der Waals surface area (Å²) in [4.78, 5) is 16.0. The molecule has 1 aliphatic heterocycles. The number of fused-ring (bicyclic) bond motifs is 1. The van der Waals surface area contributed by atoms with Crippen molar-refractivity contribution < 1.29 is 14.3 Å². The first kappa shape index (κ1) is 20.6. The van der Waals surface area contributed by atoms with Crippen LogP contribution in [0.15, 0.2) is 65.9 Å². The number of ether oxygens (including phenoxy) is 2. The second-order valence-corrected chi connectivity index (χ2v) is 9.55. The van der Waals surface area contributed by atoms with Crippen LogP contribution in [-0.4, -0.2) is 20.0 Å². The van der Waals surface area contributed by atoms with E-state index < -0.39 is 0 Å². The normalized spacial score (nSPS) is 19.9. The van der Waals surface area contributed by atoms with Gasteiger partial charge in [0.2, 0.25) is 0 Å². The Bertz CT molecular complexity index is 1210. The van der Waals surface area contributed by atoms with E-state index in [0.29, 0.717) is 17.9 Å². The molecule has 0 saturated heterocycles. The number of hydrogen-bond acceptors (Lipinski definition) is 6. The smallest absolute Gasteiger partial charge is 0.163 e. The fraction of sp³-hybridized carbons (Fsp3) is 0.269. The lowest BCUT2D eigenvalue weighted by Gasteiger charge is -2.29. The number of thiophene rings is 1. The van der Waals surface area contributed by atoms with Gasteiger partial charge in [0.15, 0.2) is 17.3 Å². The lowest BCUT2D eigenvalue weighted by molar-refractivity contribution is -0.116. The monoisotopic (exact) mass is 446 g/mol. The Kier molecular flexibility index (Phi) is 5.39. The van der Waals surface area contributed by atoms with Crippen molar-refractivity contribution in [1.29, 1.82) is 0 Å². The van der Waals surface area contributed by atoms with Gasteiger partial charge in [0, 0.05) is 27.4 Å². The summed E-state index contributed by atoms with van der Waals surface area (Å²) in [5.74, 6) is 1.63. The summed E-state index contributed by atoms with van der Waals surface area (Å²) >= 11 is 1.74. The van der Waals surface area contributed by atoms with E-state index in [1.807, 2.05) is 30.3 Å². The number of ketones is 1. The van der Waals surface area contributed by atoms with Crippen molar-refractivity contribution in [2.75, 3.05) is 24.9 Å². The minimum absolute atomic E-state index is 0.0736. The molecule has 5 nitrogen and oxygen atoms in total. The molecule has 164 valence electrons. The number of methoxy groups -OCH3 is 2. The first-order valence-electron chi connectivity index (χ1n) is 10.7. The van der Waals surface area contributed by atoms with Crippen LogP contribution in [0.3, 0.4) is 0 Å². The highest BCUT2D eigenvalue weighted by Gasteiger charge is 2.36. The van der Waals surface area contributed by atoms with Crippen molar-refractivity contribution >= 4 is 28.5 Å². The van der Waals surface area contributed by atoms with Gasteiger partial charge in [-0.3, -0.25) is 4.79 Å². The Labute approximate surface area is 192 Å². The summed E-state index contributed by atoms with van der Waals surface area (Å²) in [7, 11) is 3.27. The molecular formula is C26H26N2O3S. The number of Topliss-reactive ketones (excluding diaryl/α,β-unsaturated/α-hetero) is 1.